The zero-order valence-electron chi connectivity index (χ0n) is 13.3. The highest BCUT2D eigenvalue weighted by Crippen LogP contribution is 2.23. The van der Waals surface area contributed by atoms with Crippen LogP contribution in [0, 0.1) is 0 Å². The summed E-state index contributed by atoms with van der Waals surface area (Å²) in [5, 5.41) is 3.27. The van der Waals surface area contributed by atoms with Gasteiger partial charge in [0, 0.05) is 16.8 Å². The summed E-state index contributed by atoms with van der Waals surface area (Å²) >= 11 is 7.24. The number of aromatic nitrogens is 1. The molecule has 1 heterocycles. The highest BCUT2D eigenvalue weighted by molar-refractivity contribution is 7.15. The maximum absolute atomic E-state index is 11.8. The van der Waals surface area contributed by atoms with Crippen LogP contribution in [0.25, 0.3) is 0 Å². The Morgan fingerprint density at radius 1 is 1.35 bits per heavy atom. The van der Waals surface area contributed by atoms with Gasteiger partial charge in [0.25, 0.3) is 0 Å². The molecular weight excluding hydrogens is 336 g/mol. The number of anilines is 1. The zero-order valence-corrected chi connectivity index (χ0v) is 14.8. The number of nitrogens with one attached hydrogen (secondary N) is 1. The molecule has 0 fully saturated rings. The molecule has 0 bridgehead atoms. The predicted molar refractivity (Wildman–Crippen MR) is 92.2 cm³/mol. The summed E-state index contributed by atoms with van der Waals surface area (Å²) in [6.07, 6.45) is 1.75. The minimum Gasteiger partial charge on any atom is -0.476 e. The van der Waals surface area contributed by atoms with E-state index in [0.29, 0.717) is 23.4 Å². The van der Waals surface area contributed by atoms with Crippen molar-refractivity contribution in [2.24, 2.45) is 0 Å². The average molecular weight is 355 g/mol. The number of halogens is 1. The Bertz CT molecular complexity index is 656. The highest BCUT2D eigenvalue weighted by atomic mass is 35.5. The molecule has 0 aliphatic carbocycles. The first-order valence-electron chi connectivity index (χ1n) is 7.21. The molecule has 23 heavy (non-hydrogen) atoms. The Hall–Kier alpha value is -1.79. The molecule has 0 amide bonds. The molecule has 0 spiro atoms. The number of hydrogen-bond donors (Lipinski definition) is 1. The fourth-order valence-electron chi connectivity index (χ4n) is 1.84. The van der Waals surface area contributed by atoms with E-state index < -0.39 is 5.60 Å². The van der Waals surface area contributed by atoms with Crippen molar-refractivity contribution in [3.05, 3.63) is 39.8 Å². The smallest absolute Gasteiger partial charge is 0.349 e. The summed E-state index contributed by atoms with van der Waals surface area (Å²) in [6, 6.07) is 7.39. The fraction of sp³-hybridized carbons (Fsp3) is 0.375. The third-order valence-corrected chi connectivity index (χ3v) is 4.10. The van der Waals surface area contributed by atoms with Crippen molar-refractivity contribution < 1.29 is 14.3 Å². The maximum atomic E-state index is 11.8. The minimum atomic E-state index is -1.02. The summed E-state index contributed by atoms with van der Waals surface area (Å²) in [6.45, 7) is 6.12. The highest BCUT2D eigenvalue weighted by Gasteiger charge is 2.31. The Labute approximate surface area is 144 Å². The van der Waals surface area contributed by atoms with Gasteiger partial charge >= 0.3 is 5.97 Å². The van der Waals surface area contributed by atoms with Gasteiger partial charge in [-0.2, -0.15) is 0 Å². The van der Waals surface area contributed by atoms with Crippen LogP contribution in [0.5, 0.6) is 5.75 Å². The summed E-state index contributed by atoms with van der Waals surface area (Å²) < 4.78 is 11.2. The minimum absolute atomic E-state index is 0.329. The molecule has 1 N–H and O–H groups in total. The van der Waals surface area contributed by atoms with Gasteiger partial charge in [0.2, 0.25) is 0 Å². The number of esters is 1. The summed E-state index contributed by atoms with van der Waals surface area (Å²) in [5.74, 6) is 0.221. The number of nitrogens with zero attached hydrogens (tertiary/aromatic N) is 1. The van der Waals surface area contributed by atoms with E-state index in [9.17, 15) is 4.79 Å². The number of hydrogen-bond acceptors (Lipinski definition) is 6. The lowest BCUT2D eigenvalue weighted by Crippen LogP contribution is -2.39. The van der Waals surface area contributed by atoms with Crippen molar-refractivity contribution in [3.63, 3.8) is 0 Å². The van der Waals surface area contributed by atoms with Gasteiger partial charge in [0.1, 0.15) is 5.75 Å². The monoisotopic (exact) mass is 354 g/mol. The molecule has 1 aromatic carbocycles. The van der Waals surface area contributed by atoms with Crippen LogP contribution in [0.1, 0.15) is 25.6 Å². The van der Waals surface area contributed by atoms with Crippen LogP contribution < -0.4 is 10.1 Å². The topological polar surface area (TPSA) is 60.5 Å². The number of thiazole rings is 1. The van der Waals surface area contributed by atoms with Gasteiger partial charge in [-0.1, -0.05) is 11.6 Å². The van der Waals surface area contributed by atoms with E-state index in [1.54, 1.807) is 27.0 Å². The van der Waals surface area contributed by atoms with Gasteiger partial charge in [-0.15, -0.1) is 11.3 Å². The van der Waals surface area contributed by atoms with Crippen molar-refractivity contribution in [1.82, 2.24) is 4.98 Å². The Morgan fingerprint density at radius 2 is 2.04 bits per heavy atom. The molecule has 0 aliphatic heterocycles. The van der Waals surface area contributed by atoms with E-state index in [2.05, 4.69) is 10.3 Å². The second kappa shape index (κ2) is 7.66. The number of rotatable bonds is 7. The van der Waals surface area contributed by atoms with Crippen LogP contribution in [0.15, 0.2) is 30.5 Å². The van der Waals surface area contributed by atoms with Gasteiger partial charge in [0.15, 0.2) is 10.1 Å². The van der Waals surface area contributed by atoms with E-state index in [1.165, 1.54) is 11.3 Å². The first-order chi connectivity index (χ1) is 10.9. The van der Waals surface area contributed by atoms with E-state index in [1.807, 2.05) is 24.3 Å². The van der Waals surface area contributed by atoms with E-state index in [0.717, 1.165) is 10.6 Å². The molecule has 5 nitrogen and oxygen atoms in total. The normalized spacial score (nSPS) is 11.1. The van der Waals surface area contributed by atoms with Crippen molar-refractivity contribution in [3.8, 4) is 5.75 Å². The lowest BCUT2D eigenvalue weighted by Gasteiger charge is -2.24. The summed E-state index contributed by atoms with van der Waals surface area (Å²) in [4.78, 5) is 16.9. The molecule has 0 aliphatic rings. The molecule has 0 saturated carbocycles. The molecule has 1 aromatic heterocycles. The molecule has 2 rings (SSSR count). The van der Waals surface area contributed by atoms with Crippen LogP contribution in [-0.2, 0) is 16.1 Å². The third-order valence-electron chi connectivity index (χ3n) is 2.99. The molecule has 7 heteroatoms. The SMILES string of the molecule is CCOC(=O)C(C)(C)Oc1ccc(NCc2cnc(Cl)s2)cc1. The van der Waals surface area contributed by atoms with E-state index >= 15 is 0 Å². The lowest BCUT2D eigenvalue weighted by atomic mass is 10.1. The van der Waals surface area contributed by atoms with Gasteiger partial charge in [0.05, 0.1) is 13.2 Å². The summed E-state index contributed by atoms with van der Waals surface area (Å²) in [5.41, 5.74) is -0.0829. The van der Waals surface area contributed by atoms with Gasteiger partial charge in [-0.3, -0.25) is 0 Å². The molecule has 0 unspecified atom stereocenters. The van der Waals surface area contributed by atoms with Crippen molar-refractivity contribution in [2.75, 3.05) is 11.9 Å². The molecule has 0 atom stereocenters. The average Bonchev–Trinajstić information content (AvgIpc) is 2.92. The van der Waals surface area contributed by atoms with Crippen molar-refractivity contribution in [1.29, 1.82) is 0 Å². The van der Waals surface area contributed by atoms with Crippen LogP contribution in [-0.4, -0.2) is 23.2 Å². The summed E-state index contributed by atoms with van der Waals surface area (Å²) in [7, 11) is 0. The van der Waals surface area contributed by atoms with Crippen LogP contribution >= 0.6 is 22.9 Å². The van der Waals surface area contributed by atoms with E-state index in [-0.39, 0.29) is 5.97 Å². The maximum Gasteiger partial charge on any atom is 0.349 e. The molecule has 0 radical (unpaired) electrons. The molecule has 2 aromatic rings. The third kappa shape index (κ3) is 5.11. The largest absolute Gasteiger partial charge is 0.476 e. The number of carbonyl (C=O) groups excluding carboxylic acids is 1. The Balaban J connectivity index is 1.92. The van der Waals surface area contributed by atoms with Gasteiger partial charge in [-0.25, -0.2) is 9.78 Å². The standard InChI is InChI=1S/C16H19ClN2O3S/c1-4-21-14(20)16(2,3)22-12-7-5-11(6-8-12)18-9-13-10-19-15(17)23-13/h5-8,10,18H,4,9H2,1-3H3. The first kappa shape index (κ1) is 17.6. The van der Waals surface area contributed by atoms with Gasteiger partial charge < -0.3 is 14.8 Å². The number of ether oxygens (including phenoxy) is 2. The first-order valence-corrected chi connectivity index (χ1v) is 8.40. The molecule has 0 saturated heterocycles. The lowest BCUT2D eigenvalue weighted by molar-refractivity contribution is -0.158. The predicted octanol–water partition coefficient (Wildman–Crippen LogP) is 4.13. The van der Waals surface area contributed by atoms with Gasteiger partial charge in [-0.05, 0) is 45.0 Å². The second-order valence-electron chi connectivity index (χ2n) is 5.29. The van der Waals surface area contributed by atoms with E-state index in [4.69, 9.17) is 21.1 Å². The number of carbonyl (C=O) groups is 1. The van der Waals surface area contributed by atoms with Crippen molar-refractivity contribution >= 4 is 34.6 Å². The quantitative estimate of drug-likeness (QED) is 0.757. The Morgan fingerprint density at radius 3 is 2.61 bits per heavy atom. The molecule has 124 valence electrons. The fourth-order valence-corrected chi connectivity index (χ4v) is 2.75. The van der Waals surface area contributed by atoms with Crippen LogP contribution in [0.4, 0.5) is 5.69 Å². The number of benzene rings is 1. The van der Waals surface area contributed by atoms with Crippen molar-refractivity contribution in [2.45, 2.75) is 32.9 Å². The van der Waals surface area contributed by atoms with Crippen LogP contribution in [0.3, 0.4) is 0 Å². The second-order valence-corrected chi connectivity index (χ2v) is 6.99. The zero-order chi connectivity index (χ0) is 16.9. The van der Waals surface area contributed by atoms with Crippen LogP contribution in [0.2, 0.25) is 4.47 Å². The molecular formula is C16H19ClN2O3S. The Kier molecular flexibility index (Phi) is 5.85.